The summed E-state index contributed by atoms with van der Waals surface area (Å²) in [6.07, 6.45) is 3.57. The number of rotatable bonds is 6. The molecule has 1 unspecified atom stereocenters. The number of sulfone groups is 1. The zero-order valence-corrected chi connectivity index (χ0v) is 15.6. The number of aromatic nitrogens is 1. The lowest BCUT2D eigenvalue weighted by atomic mass is 10.3. The number of nitrogens with zero attached hydrogens (tertiary/aromatic N) is 2. The first-order valence-corrected chi connectivity index (χ1v) is 10.3. The van der Waals surface area contributed by atoms with Gasteiger partial charge in [0.25, 0.3) is 0 Å². The van der Waals surface area contributed by atoms with Crippen molar-refractivity contribution in [3.8, 4) is 5.75 Å². The summed E-state index contributed by atoms with van der Waals surface area (Å²) >= 11 is 6.03. The molecule has 1 aromatic heterocycles. The Morgan fingerprint density at radius 1 is 1.27 bits per heavy atom. The molecule has 1 atom stereocenters. The highest BCUT2D eigenvalue weighted by atomic mass is 35.5. The molecule has 0 radical (unpaired) electrons. The summed E-state index contributed by atoms with van der Waals surface area (Å²) in [5.74, 6) is 0.151. The van der Waals surface area contributed by atoms with Crippen molar-refractivity contribution in [2.24, 2.45) is 0 Å². The number of carbonyl (C=O) groups excluding carboxylic acids is 1. The van der Waals surface area contributed by atoms with E-state index in [9.17, 15) is 13.2 Å². The van der Waals surface area contributed by atoms with Crippen molar-refractivity contribution < 1.29 is 17.9 Å². The first-order valence-electron chi connectivity index (χ1n) is 8.27. The highest BCUT2D eigenvalue weighted by molar-refractivity contribution is 7.91. The van der Waals surface area contributed by atoms with E-state index < -0.39 is 9.84 Å². The molecule has 1 saturated heterocycles. The molecule has 0 bridgehead atoms. The van der Waals surface area contributed by atoms with E-state index in [2.05, 4.69) is 4.98 Å². The fraction of sp³-hybridized carbons (Fsp3) is 0.333. The van der Waals surface area contributed by atoms with Crippen LogP contribution >= 0.6 is 11.6 Å². The highest BCUT2D eigenvalue weighted by Gasteiger charge is 2.29. The Bertz CT molecular complexity index is 874. The molecule has 1 amide bonds. The molecule has 138 valence electrons. The van der Waals surface area contributed by atoms with Crippen LogP contribution < -0.4 is 4.74 Å². The van der Waals surface area contributed by atoms with Crippen LogP contribution in [-0.2, 0) is 14.6 Å². The molecule has 1 aromatic carbocycles. The van der Waals surface area contributed by atoms with E-state index in [1.54, 1.807) is 35.4 Å². The number of hydrogen-bond acceptors (Lipinski definition) is 5. The maximum Gasteiger partial charge on any atom is 0.223 e. The van der Waals surface area contributed by atoms with Crippen molar-refractivity contribution in [2.75, 3.05) is 18.8 Å². The van der Waals surface area contributed by atoms with Gasteiger partial charge < -0.3 is 9.64 Å². The monoisotopic (exact) mass is 394 g/mol. The third-order valence-corrected chi connectivity index (χ3v) is 6.23. The maximum atomic E-state index is 12.4. The normalized spacial score (nSPS) is 17.3. The van der Waals surface area contributed by atoms with Crippen molar-refractivity contribution in [3.05, 3.63) is 53.8 Å². The van der Waals surface area contributed by atoms with E-state index in [0.29, 0.717) is 30.3 Å². The van der Waals surface area contributed by atoms with Crippen LogP contribution in [0, 0.1) is 0 Å². The molecule has 6 nitrogen and oxygen atoms in total. The second-order valence-corrected chi connectivity index (χ2v) is 8.57. The Morgan fingerprint density at radius 3 is 2.77 bits per heavy atom. The van der Waals surface area contributed by atoms with Crippen LogP contribution in [0.5, 0.6) is 5.75 Å². The Hall–Kier alpha value is -2.12. The number of hydrogen-bond donors (Lipinski definition) is 0. The summed E-state index contributed by atoms with van der Waals surface area (Å²) in [6, 6.07) is 9.85. The Kier molecular flexibility index (Phi) is 5.78. The van der Waals surface area contributed by atoms with Crippen LogP contribution in [0.3, 0.4) is 0 Å². The van der Waals surface area contributed by atoms with Gasteiger partial charge in [-0.2, -0.15) is 0 Å². The Balaban J connectivity index is 1.53. The Morgan fingerprint density at radius 2 is 2.04 bits per heavy atom. The minimum atomic E-state index is -3.46. The SMILES string of the molecule is O=C(CCS(=O)(=O)c1ccccc1)N1CCC(Oc2ccncc2Cl)C1. The van der Waals surface area contributed by atoms with Crippen LogP contribution in [0.1, 0.15) is 12.8 Å². The molecule has 2 aromatic rings. The number of carbonyl (C=O) groups is 1. The van der Waals surface area contributed by atoms with Gasteiger partial charge in [-0.25, -0.2) is 8.42 Å². The summed E-state index contributed by atoms with van der Waals surface area (Å²) in [7, 11) is -3.46. The first kappa shape index (κ1) is 18.7. The lowest BCUT2D eigenvalue weighted by Crippen LogP contribution is -2.32. The average Bonchev–Trinajstić information content (AvgIpc) is 3.11. The minimum absolute atomic E-state index is 0.0417. The molecule has 0 spiro atoms. The van der Waals surface area contributed by atoms with E-state index >= 15 is 0 Å². The maximum absolute atomic E-state index is 12.4. The molecule has 1 aliphatic rings. The zero-order chi connectivity index (χ0) is 18.6. The zero-order valence-electron chi connectivity index (χ0n) is 14.0. The van der Waals surface area contributed by atoms with Crippen LogP contribution in [0.4, 0.5) is 0 Å². The summed E-state index contributed by atoms with van der Waals surface area (Å²) in [5.41, 5.74) is 0. The van der Waals surface area contributed by atoms with Crippen molar-refractivity contribution in [1.29, 1.82) is 0 Å². The number of ether oxygens (including phenoxy) is 1. The van der Waals surface area contributed by atoms with Gasteiger partial charge in [0.2, 0.25) is 5.91 Å². The van der Waals surface area contributed by atoms with Gasteiger partial charge >= 0.3 is 0 Å². The van der Waals surface area contributed by atoms with Gasteiger partial charge in [-0.05, 0) is 12.1 Å². The smallest absolute Gasteiger partial charge is 0.223 e. The fourth-order valence-corrected chi connectivity index (χ4v) is 4.23. The first-order chi connectivity index (χ1) is 12.5. The number of likely N-dealkylation sites (tertiary alicyclic amines) is 1. The summed E-state index contributed by atoms with van der Waals surface area (Å²) in [5, 5.41) is 0.422. The van der Waals surface area contributed by atoms with Crippen molar-refractivity contribution in [2.45, 2.75) is 23.8 Å². The molecule has 1 aliphatic heterocycles. The summed E-state index contributed by atoms with van der Waals surface area (Å²) < 4.78 is 30.4. The summed E-state index contributed by atoms with van der Waals surface area (Å²) in [6.45, 7) is 0.959. The van der Waals surface area contributed by atoms with Gasteiger partial charge in [0.1, 0.15) is 16.9 Å². The molecule has 8 heteroatoms. The highest BCUT2D eigenvalue weighted by Crippen LogP contribution is 2.26. The van der Waals surface area contributed by atoms with Gasteiger partial charge in [0, 0.05) is 37.8 Å². The quantitative estimate of drug-likeness (QED) is 0.752. The van der Waals surface area contributed by atoms with Gasteiger partial charge in [0.15, 0.2) is 9.84 Å². The molecule has 2 heterocycles. The van der Waals surface area contributed by atoms with Crippen LogP contribution in [0.25, 0.3) is 0 Å². The number of pyridine rings is 1. The van der Waals surface area contributed by atoms with Crippen LogP contribution in [0.15, 0.2) is 53.7 Å². The molecule has 1 fully saturated rings. The van der Waals surface area contributed by atoms with E-state index in [-0.39, 0.29) is 29.1 Å². The van der Waals surface area contributed by atoms with Gasteiger partial charge in [-0.3, -0.25) is 9.78 Å². The molecular weight excluding hydrogens is 376 g/mol. The standard InChI is InChI=1S/C18H19ClN2O4S/c19-16-12-20-9-6-17(16)25-14-7-10-21(13-14)18(22)8-11-26(23,24)15-4-2-1-3-5-15/h1-6,9,12,14H,7-8,10-11,13H2. The van der Waals surface area contributed by atoms with Crippen molar-refractivity contribution in [3.63, 3.8) is 0 Å². The van der Waals surface area contributed by atoms with Gasteiger partial charge in [-0.15, -0.1) is 0 Å². The average molecular weight is 395 g/mol. The number of benzene rings is 1. The van der Waals surface area contributed by atoms with Gasteiger partial charge in [0.05, 0.1) is 17.2 Å². The Labute approximate surface area is 157 Å². The minimum Gasteiger partial charge on any atom is -0.487 e. The summed E-state index contributed by atoms with van der Waals surface area (Å²) in [4.78, 5) is 18.1. The lowest BCUT2D eigenvalue weighted by Gasteiger charge is -2.17. The van der Waals surface area contributed by atoms with E-state index in [0.717, 1.165) is 0 Å². The van der Waals surface area contributed by atoms with E-state index in [1.807, 2.05) is 0 Å². The van der Waals surface area contributed by atoms with Crippen molar-refractivity contribution in [1.82, 2.24) is 9.88 Å². The molecule has 0 saturated carbocycles. The van der Waals surface area contributed by atoms with Crippen LogP contribution in [-0.4, -0.2) is 49.2 Å². The molecular formula is C18H19ClN2O4S. The van der Waals surface area contributed by atoms with E-state index in [1.165, 1.54) is 18.3 Å². The predicted octanol–water partition coefficient (Wildman–Crippen LogP) is 2.58. The molecule has 0 N–H and O–H groups in total. The van der Waals surface area contributed by atoms with E-state index in [4.69, 9.17) is 16.3 Å². The fourth-order valence-electron chi connectivity index (χ4n) is 2.81. The second-order valence-electron chi connectivity index (χ2n) is 6.06. The second kappa shape index (κ2) is 8.05. The molecule has 0 aliphatic carbocycles. The predicted molar refractivity (Wildman–Crippen MR) is 98.0 cm³/mol. The third kappa shape index (κ3) is 4.53. The molecule has 26 heavy (non-hydrogen) atoms. The largest absolute Gasteiger partial charge is 0.487 e. The number of halogens is 1. The van der Waals surface area contributed by atoms with Gasteiger partial charge in [-0.1, -0.05) is 29.8 Å². The third-order valence-electron chi connectivity index (χ3n) is 4.21. The van der Waals surface area contributed by atoms with Crippen LogP contribution in [0.2, 0.25) is 5.02 Å². The number of amides is 1. The lowest BCUT2D eigenvalue weighted by molar-refractivity contribution is -0.130. The molecule has 3 rings (SSSR count). The topological polar surface area (TPSA) is 76.6 Å². The van der Waals surface area contributed by atoms with Crippen molar-refractivity contribution >= 4 is 27.3 Å².